The number of Topliss-reactive ketones (excluding diaryl/α,β-unsaturated/α-hetero) is 1. The molecule has 36 heavy (non-hydrogen) atoms. The molecule has 7 heteroatoms. The molecule has 0 spiro atoms. The first-order valence-corrected chi connectivity index (χ1v) is 12.5. The minimum absolute atomic E-state index is 0.0861. The summed E-state index contributed by atoms with van der Waals surface area (Å²) in [6, 6.07) is 16.6. The van der Waals surface area contributed by atoms with Crippen molar-refractivity contribution < 1.29 is 14.3 Å². The van der Waals surface area contributed by atoms with E-state index >= 15 is 0 Å². The molecule has 4 rings (SSSR count). The molecule has 2 heterocycles. The molecule has 0 amide bonds. The molecule has 0 fully saturated rings. The standard InChI is InChI=1S/C29H34N4O3/c1-7-32-25(17-30-28(32)35-23-13-9-19(3)10-14-23)21(5)27(34)22(6)26-18-31-29(33(26)8-2)36-24-15-11-20(4)12-16-24/h9-18,21-22H,7-8H2,1-6H3. The SMILES string of the molecule is CCn1c(C(C)C(=O)C(C)c2cnc(Oc3ccc(C)cc3)n2CC)cnc1Oc1ccc(C)cc1. The van der Waals surface area contributed by atoms with Crippen LogP contribution in [0.4, 0.5) is 0 Å². The maximum absolute atomic E-state index is 13.6. The van der Waals surface area contributed by atoms with Crippen LogP contribution in [0, 0.1) is 13.8 Å². The quantitative estimate of drug-likeness (QED) is 0.247. The number of benzene rings is 2. The van der Waals surface area contributed by atoms with Gasteiger partial charge in [0.25, 0.3) is 0 Å². The van der Waals surface area contributed by atoms with Crippen molar-refractivity contribution in [3.8, 4) is 23.5 Å². The number of nitrogens with zero attached hydrogens (tertiary/aromatic N) is 4. The van der Waals surface area contributed by atoms with Gasteiger partial charge in [-0.25, -0.2) is 9.97 Å². The van der Waals surface area contributed by atoms with Crippen molar-refractivity contribution in [2.24, 2.45) is 0 Å². The number of hydrogen-bond donors (Lipinski definition) is 0. The van der Waals surface area contributed by atoms with Gasteiger partial charge in [0.2, 0.25) is 0 Å². The minimum Gasteiger partial charge on any atom is -0.426 e. The van der Waals surface area contributed by atoms with Crippen LogP contribution in [0.1, 0.15) is 62.0 Å². The number of aryl methyl sites for hydroxylation is 2. The van der Waals surface area contributed by atoms with Gasteiger partial charge in [-0.1, -0.05) is 35.4 Å². The van der Waals surface area contributed by atoms with Gasteiger partial charge in [-0.15, -0.1) is 0 Å². The highest BCUT2D eigenvalue weighted by atomic mass is 16.5. The maximum atomic E-state index is 13.6. The molecule has 0 bridgehead atoms. The van der Waals surface area contributed by atoms with Crippen LogP contribution in [0.25, 0.3) is 0 Å². The summed E-state index contributed by atoms with van der Waals surface area (Å²) in [6.07, 6.45) is 3.48. The fourth-order valence-corrected chi connectivity index (χ4v) is 4.32. The van der Waals surface area contributed by atoms with Crippen molar-refractivity contribution in [3.05, 3.63) is 83.4 Å². The van der Waals surface area contributed by atoms with Gasteiger partial charge in [-0.2, -0.15) is 0 Å². The van der Waals surface area contributed by atoms with Gasteiger partial charge >= 0.3 is 12.0 Å². The van der Waals surface area contributed by atoms with Crippen LogP contribution < -0.4 is 9.47 Å². The molecule has 0 radical (unpaired) electrons. The van der Waals surface area contributed by atoms with E-state index in [-0.39, 0.29) is 17.6 Å². The zero-order valence-electron chi connectivity index (χ0n) is 21.9. The molecule has 0 aliphatic heterocycles. The van der Waals surface area contributed by atoms with Gasteiger partial charge in [0.15, 0.2) is 0 Å². The highest BCUT2D eigenvalue weighted by molar-refractivity contribution is 5.90. The van der Waals surface area contributed by atoms with Crippen molar-refractivity contribution in [3.63, 3.8) is 0 Å². The van der Waals surface area contributed by atoms with Gasteiger partial charge in [-0.3, -0.25) is 13.9 Å². The number of rotatable bonds is 10. The van der Waals surface area contributed by atoms with Crippen LogP contribution in [-0.2, 0) is 17.9 Å². The minimum atomic E-state index is -0.371. The third-order valence-corrected chi connectivity index (χ3v) is 6.53. The first kappa shape index (κ1) is 25.2. The molecule has 0 N–H and O–H groups in total. The Morgan fingerprint density at radius 2 is 1.08 bits per heavy atom. The number of imidazole rings is 2. The summed E-state index contributed by atoms with van der Waals surface area (Å²) < 4.78 is 16.0. The molecule has 4 aromatic rings. The fraction of sp³-hybridized carbons (Fsp3) is 0.345. The molecule has 2 atom stereocenters. The second-order valence-corrected chi connectivity index (χ2v) is 9.10. The van der Waals surface area contributed by atoms with E-state index < -0.39 is 0 Å². The molecule has 0 saturated carbocycles. The van der Waals surface area contributed by atoms with Crippen LogP contribution in [0.15, 0.2) is 60.9 Å². The summed E-state index contributed by atoms with van der Waals surface area (Å²) in [5, 5.41) is 0. The van der Waals surface area contributed by atoms with Crippen LogP contribution in [0.3, 0.4) is 0 Å². The molecule has 2 aromatic carbocycles. The van der Waals surface area contributed by atoms with Crippen LogP contribution in [0.2, 0.25) is 0 Å². The highest BCUT2D eigenvalue weighted by Gasteiger charge is 2.29. The van der Waals surface area contributed by atoms with Crippen molar-refractivity contribution in [2.75, 3.05) is 0 Å². The molecular formula is C29H34N4O3. The van der Waals surface area contributed by atoms with Crippen molar-refractivity contribution in [2.45, 2.75) is 66.5 Å². The smallest absolute Gasteiger partial charge is 0.302 e. The van der Waals surface area contributed by atoms with Gasteiger partial charge in [0.05, 0.1) is 35.6 Å². The van der Waals surface area contributed by atoms with Gasteiger partial charge in [0, 0.05) is 13.1 Å². The Labute approximate surface area is 212 Å². The molecule has 0 aliphatic rings. The highest BCUT2D eigenvalue weighted by Crippen LogP contribution is 2.32. The Balaban J connectivity index is 1.54. The molecule has 2 aromatic heterocycles. The summed E-state index contributed by atoms with van der Waals surface area (Å²) in [5.74, 6) is 0.775. The monoisotopic (exact) mass is 486 g/mol. The predicted molar refractivity (Wildman–Crippen MR) is 140 cm³/mol. The predicted octanol–water partition coefficient (Wildman–Crippen LogP) is 6.80. The topological polar surface area (TPSA) is 71.2 Å². The summed E-state index contributed by atoms with van der Waals surface area (Å²) >= 11 is 0. The number of ketones is 1. The summed E-state index contributed by atoms with van der Waals surface area (Å²) in [7, 11) is 0. The van der Waals surface area contributed by atoms with Gasteiger partial charge < -0.3 is 9.47 Å². The zero-order chi connectivity index (χ0) is 25.8. The van der Waals surface area contributed by atoms with E-state index in [0.717, 1.165) is 22.5 Å². The van der Waals surface area contributed by atoms with Crippen LogP contribution in [0.5, 0.6) is 23.5 Å². The zero-order valence-corrected chi connectivity index (χ0v) is 21.9. The Morgan fingerprint density at radius 3 is 1.42 bits per heavy atom. The first-order valence-electron chi connectivity index (χ1n) is 12.5. The van der Waals surface area contributed by atoms with E-state index in [0.29, 0.717) is 36.6 Å². The number of aromatic nitrogens is 4. The molecule has 188 valence electrons. The number of hydrogen-bond acceptors (Lipinski definition) is 5. The molecular weight excluding hydrogens is 452 g/mol. The lowest BCUT2D eigenvalue weighted by Gasteiger charge is -2.19. The average Bonchev–Trinajstić information content (AvgIpc) is 3.48. The summed E-state index contributed by atoms with van der Waals surface area (Å²) in [5.41, 5.74) is 3.98. The van der Waals surface area contributed by atoms with Crippen LogP contribution >= 0.6 is 0 Å². The third-order valence-electron chi connectivity index (χ3n) is 6.53. The Bertz CT molecular complexity index is 1220. The van der Waals surface area contributed by atoms with Crippen LogP contribution in [-0.4, -0.2) is 24.9 Å². The number of ether oxygens (including phenoxy) is 2. The second-order valence-electron chi connectivity index (χ2n) is 9.10. The molecule has 0 saturated heterocycles. The summed E-state index contributed by atoms with van der Waals surface area (Å²) in [6.45, 7) is 13.2. The van der Waals surface area contributed by atoms with E-state index in [2.05, 4.69) is 9.97 Å². The van der Waals surface area contributed by atoms with E-state index in [1.54, 1.807) is 12.4 Å². The molecule has 2 unspecified atom stereocenters. The second kappa shape index (κ2) is 10.8. The lowest BCUT2D eigenvalue weighted by atomic mass is 9.91. The van der Waals surface area contributed by atoms with Crippen molar-refractivity contribution in [1.29, 1.82) is 0 Å². The van der Waals surface area contributed by atoms with E-state index in [9.17, 15) is 4.79 Å². The Hall–Kier alpha value is -3.87. The van der Waals surface area contributed by atoms with E-state index in [1.165, 1.54) is 0 Å². The van der Waals surface area contributed by atoms with E-state index in [1.807, 2.05) is 99.2 Å². The van der Waals surface area contributed by atoms with Crippen molar-refractivity contribution >= 4 is 5.78 Å². The average molecular weight is 487 g/mol. The van der Waals surface area contributed by atoms with E-state index in [4.69, 9.17) is 9.47 Å². The van der Waals surface area contributed by atoms with Crippen molar-refractivity contribution in [1.82, 2.24) is 19.1 Å². The number of carbonyl (C=O) groups excluding carboxylic acids is 1. The Kier molecular flexibility index (Phi) is 7.58. The normalized spacial score (nSPS) is 12.8. The fourth-order valence-electron chi connectivity index (χ4n) is 4.32. The lowest BCUT2D eigenvalue weighted by Crippen LogP contribution is -2.21. The first-order chi connectivity index (χ1) is 17.3. The Morgan fingerprint density at radius 1 is 0.722 bits per heavy atom. The largest absolute Gasteiger partial charge is 0.426 e. The molecule has 0 aliphatic carbocycles. The lowest BCUT2D eigenvalue weighted by molar-refractivity contribution is -0.121. The van der Waals surface area contributed by atoms with Gasteiger partial charge in [-0.05, 0) is 65.8 Å². The summed E-state index contributed by atoms with van der Waals surface area (Å²) in [4.78, 5) is 22.6. The maximum Gasteiger partial charge on any atom is 0.302 e. The molecule has 7 nitrogen and oxygen atoms in total. The number of carbonyl (C=O) groups is 1. The third kappa shape index (κ3) is 5.20. The van der Waals surface area contributed by atoms with Gasteiger partial charge in [0.1, 0.15) is 17.3 Å².